The molecule has 0 radical (unpaired) electrons. The van der Waals surface area contributed by atoms with Crippen molar-refractivity contribution in [3.05, 3.63) is 107 Å². The molecule has 34 heavy (non-hydrogen) atoms. The summed E-state index contributed by atoms with van der Waals surface area (Å²) >= 11 is 1.65. The summed E-state index contributed by atoms with van der Waals surface area (Å²) in [4.78, 5) is 27.5. The van der Waals surface area contributed by atoms with Crippen molar-refractivity contribution in [1.29, 1.82) is 0 Å². The zero-order valence-electron chi connectivity index (χ0n) is 18.7. The van der Waals surface area contributed by atoms with Crippen LogP contribution in [0.4, 0.5) is 11.4 Å². The van der Waals surface area contributed by atoms with E-state index in [1.54, 1.807) is 11.8 Å². The van der Waals surface area contributed by atoms with Gasteiger partial charge >= 0.3 is 0 Å². The van der Waals surface area contributed by atoms with Crippen LogP contribution in [0.1, 0.15) is 38.8 Å². The highest BCUT2D eigenvalue weighted by molar-refractivity contribution is 8.00. The molecule has 168 valence electrons. The molecule has 0 unspecified atom stereocenters. The van der Waals surface area contributed by atoms with E-state index >= 15 is 0 Å². The van der Waals surface area contributed by atoms with Gasteiger partial charge in [0.25, 0.3) is 5.91 Å². The minimum Gasteiger partial charge on any atom is -0.322 e. The highest BCUT2D eigenvalue weighted by Gasteiger charge is 2.34. The van der Waals surface area contributed by atoms with Crippen molar-refractivity contribution in [3.8, 4) is 0 Å². The lowest BCUT2D eigenvalue weighted by atomic mass is 10.1. The second-order valence-corrected chi connectivity index (χ2v) is 9.94. The van der Waals surface area contributed by atoms with Gasteiger partial charge in [0.1, 0.15) is 5.37 Å². The summed E-state index contributed by atoms with van der Waals surface area (Å²) in [6, 6.07) is 28.0. The van der Waals surface area contributed by atoms with Crippen LogP contribution >= 0.6 is 11.8 Å². The van der Waals surface area contributed by atoms with E-state index in [2.05, 4.69) is 23.5 Å². The summed E-state index contributed by atoms with van der Waals surface area (Å²) in [6.45, 7) is 0. The number of aryl methyl sites for hydroxylation is 2. The number of fused-ring (bicyclic) bond motifs is 2. The zero-order chi connectivity index (χ0) is 23.1. The standard InChI is InChI=1S/C29H24N2O2S/c32-27-18-34-29(31(27)26-15-12-20-6-3-7-23(20)17-26)21-10-13-25(14-11-21)30-28(33)24-9-8-19-4-1-2-5-22(19)16-24/h1-2,4-5,8-17,29H,3,6-7,18H2,(H,30,33)/t29-/m1/s1. The second kappa shape index (κ2) is 8.65. The number of hydrogen-bond acceptors (Lipinski definition) is 3. The fraction of sp³-hybridized carbons (Fsp3) is 0.172. The van der Waals surface area contributed by atoms with Gasteiger partial charge in [-0.25, -0.2) is 0 Å². The van der Waals surface area contributed by atoms with Gasteiger partial charge in [-0.1, -0.05) is 48.5 Å². The molecule has 1 heterocycles. The summed E-state index contributed by atoms with van der Waals surface area (Å²) in [7, 11) is 0. The van der Waals surface area contributed by atoms with Crippen molar-refractivity contribution in [2.75, 3.05) is 16.0 Å². The maximum absolute atomic E-state index is 12.8. The molecule has 1 atom stereocenters. The fourth-order valence-corrected chi connectivity index (χ4v) is 6.10. The van der Waals surface area contributed by atoms with Gasteiger partial charge in [0.05, 0.1) is 5.75 Å². The van der Waals surface area contributed by atoms with E-state index in [-0.39, 0.29) is 17.2 Å². The van der Waals surface area contributed by atoms with Gasteiger partial charge < -0.3 is 5.32 Å². The van der Waals surface area contributed by atoms with E-state index in [0.29, 0.717) is 11.3 Å². The summed E-state index contributed by atoms with van der Waals surface area (Å²) in [5, 5.41) is 5.09. The van der Waals surface area contributed by atoms with Gasteiger partial charge in [-0.3, -0.25) is 14.5 Å². The number of carbonyl (C=O) groups excluding carboxylic acids is 2. The first-order valence-electron chi connectivity index (χ1n) is 11.6. The minimum atomic E-state index is -0.135. The van der Waals surface area contributed by atoms with Crippen LogP contribution in [0.25, 0.3) is 10.8 Å². The molecule has 1 aliphatic carbocycles. The average Bonchev–Trinajstić information content (AvgIpc) is 3.50. The normalized spacial score (nSPS) is 17.2. The lowest BCUT2D eigenvalue weighted by Crippen LogP contribution is -2.27. The number of nitrogens with zero attached hydrogens (tertiary/aromatic N) is 1. The molecule has 2 aliphatic rings. The molecule has 4 aromatic rings. The Kier molecular flexibility index (Phi) is 5.34. The Bertz CT molecular complexity index is 1410. The molecular formula is C29H24N2O2S. The van der Waals surface area contributed by atoms with Gasteiger partial charge in [-0.05, 0) is 83.1 Å². The average molecular weight is 465 g/mol. The number of rotatable bonds is 4. The quantitative estimate of drug-likeness (QED) is 0.382. The molecule has 0 spiro atoms. The molecule has 4 nitrogen and oxygen atoms in total. The third-order valence-electron chi connectivity index (χ3n) is 6.69. The van der Waals surface area contributed by atoms with Crippen molar-refractivity contribution in [1.82, 2.24) is 0 Å². The van der Waals surface area contributed by atoms with Crippen molar-refractivity contribution in [2.24, 2.45) is 0 Å². The number of anilines is 2. The van der Waals surface area contributed by atoms with Gasteiger partial charge in [0, 0.05) is 16.9 Å². The Labute approximate surface area is 203 Å². The van der Waals surface area contributed by atoms with Crippen molar-refractivity contribution >= 4 is 45.7 Å². The largest absolute Gasteiger partial charge is 0.322 e. The van der Waals surface area contributed by atoms with Gasteiger partial charge in [0.2, 0.25) is 5.91 Å². The molecule has 1 aliphatic heterocycles. The summed E-state index contributed by atoms with van der Waals surface area (Å²) in [5.41, 5.74) is 6.18. The van der Waals surface area contributed by atoms with Crippen LogP contribution in [0, 0.1) is 0 Å². The van der Waals surface area contributed by atoms with Gasteiger partial charge in [0.15, 0.2) is 0 Å². The first-order chi connectivity index (χ1) is 16.7. The Balaban J connectivity index is 1.20. The third-order valence-corrected chi connectivity index (χ3v) is 7.91. The summed E-state index contributed by atoms with van der Waals surface area (Å²) in [5.74, 6) is 0.479. The van der Waals surface area contributed by atoms with E-state index < -0.39 is 0 Å². The second-order valence-electron chi connectivity index (χ2n) is 8.87. The molecule has 1 N–H and O–H groups in total. The van der Waals surface area contributed by atoms with Crippen LogP contribution in [0.2, 0.25) is 0 Å². The number of carbonyl (C=O) groups is 2. The maximum atomic E-state index is 12.8. The van der Waals surface area contributed by atoms with Crippen LogP contribution in [-0.2, 0) is 17.6 Å². The Morgan fingerprint density at radius 2 is 1.65 bits per heavy atom. The predicted molar refractivity (Wildman–Crippen MR) is 139 cm³/mol. The van der Waals surface area contributed by atoms with E-state index in [1.165, 1.54) is 17.5 Å². The lowest BCUT2D eigenvalue weighted by molar-refractivity contribution is -0.115. The minimum absolute atomic E-state index is 0.0582. The van der Waals surface area contributed by atoms with Gasteiger partial charge in [-0.2, -0.15) is 0 Å². The number of benzene rings is 4. The van der Waals surface area contributed by atoms with Crippen molar-refractivity contribution < 1.29 is 9.59 Å². The molecule has 1 saturated heterocycles. The van der Waals surface area contributed by atoms with Crippen LogP contribution < -0.4 is 10.2 Å². The van der Waals surface area contributed by atoms with Crippen LogP contribution in [0.5, 0.6) is 0 Å². The molecule has 0 bridgehead atoms. The Morgan fingerprint density at radius 1 is 0.853 bits per heavy atom. The van der Waals surface area contributed by atoms with Crippen molar-refractivity contribution in [2.45, 2.75) is 24.6 Å². The van der Waals surface area contributed by atoms with Crippen molar-refractivity contribution in [3.63, 3.8) is 0 Å². The zero-order valence-corrected chi connectivity index (χ0v) is 19.5. The van der Waals surface area contributed by atoms with Crippen LogP contribution in [-0.4, -0.2) is 17.6 Å². The van der Waals surface area contributed by atoms with Crippen LogP contribution in [0.15, 0.2) is 84.9 Å². The fourth-order valence-electron chi connectivity index (χ4n) is 4.92. The molecule has 0 saturated carbocycles. The molecule has 0 aromatic heterocycles. The van der Waals surface area contributed by atoms with E-state index in [1.807, 2.05) is 71.6 Å². The Morgan fingerprint density at radius 3 is 2.50 bits per heavy atom. The highest BCUT2D eigenvalue weighted by Crippen LogP contribution is 2.43. The highest BCUT2D eigenvalue weighted by atomic mass is 32.2. The number of amides is 2. The number of nitrogens with one attached hydrogen (secondary N) is 1. The lowest BCUT2D eigenvalue weighted by Gasteiger charge is -2.25. The molecule has 6 rings (SSSR count). The molecule has 2 amide bonds. The first-order valence-corrected chi connectivity index (χ1v) is 12.7. The maximum Gasteiger partial charge on any atom is 0.255 e. The topological polar surface area (TPSA) is 49.4 Å². The predicted octanol–water partition coefficient (Wildman–Crippen LogP) is 6.36. The smallest absolute Gasteiger partial charge is 0.255 e. The van der Waals surface area contributed by atoms with E-state index in [4.69, 9.17) is 0 Å². The summed E-state index contributed by atoms with van der Waals surface area (Å²) < 4.78 is 0. The third kappa shape index (κ3) is 3.86. The first kappa shape index (κ1) is 21.0. The SMILES string of the molecule is O=C(Nc1ccc([C@H]2SCC(=O)N2c2ccc3c(c2)CCC3)cc1)c1ccc2ccccc2c1. The molecule has 1 fully saturated rings. The number of hydrogen-bond donors (Lipinski definition) is 1. The van der Waals surface area contributed by atoms with Gasteiger partial charge in [-0.15, -0.1) is 11.8 Å². The summed E-state index contributed by atoms with van der Waals surface area (Å²) in [6.07, 6.45) is 3.42. The molecular weight excluding hydrogens is 440 g/mol. The van der Waals surface area contributed by atoms with Crippen LogP contribution in [0.3, 0.4) is 0 Å². The molecule has 4 aromatic carbocycles. The molecule has 5 heteroatoms. The van der Waals surface area contributed by atoms with E-state index in [9.17, 15) is 9.59 Å². The number of thioether (sulfide) groups is 1. The Hall–Kier alpha value is -3.57. The monoisotopic (exact) mass is 464 g/mol. The van der Waals surface area contributed by atoms with E-state index in [0.717, 1.165) is 40.6 Å².